The molecule has 0 saturated heterocycles. The molecule has 0 spiro atoms. The number of thioether (sulfide) groups is 2. The smallest absolute Gasteiger partial charge is 0.253 e. The average Bonchev–Trinajstić information content (AvgIpc) is 2.98. The zero-order valence-corrected chi connectivity index (χ0v) is 28.7. The van der Waals surface area contributed by atoms with Crippen molar-refractivity contribution in [2.24, 2.45) is 0 Å². The highest BCUT2D eigenvalue weighted by atomic mass is 79.9. The van der Waals surface area contributed by atoms with E-state index in [4.69, 9.17) is 0 Å². The van der Waals surface area contributed by atoms with Crippen LogP contribution in [-0.2, 0) is 9.59 Å². The van der Waals surface area contributed by atoms with Crippen LogP contribution in [0.5, 0.6) is 0 Å². The minimum atomic E-state index is -0.288. The van der Waals surface area contributed by atoms with Crippen molar-refractivity contribution < 1.29 is 19.2 Å². The van der Waals surface area contributed by atoms with Gasteiger partial charge in [-0.2, -0.15) is 23.5 Å². The van der Waals surface area contributed by atoms with Crippen molar-refractivity contribution >= 4 is 78.8 Å². The molecule has 0 aromatic carbocycles. The molecule has 0 atom stereocenters. The Labute approximate surface area is 274 Å². The minimum Gasteiger partial charge on any atom is -0.345 e. The van der Waals surface area contributed by atoms with E-state index in [1.807, 2.05) is 0 Å². The predicted octanol–water partition coefficient (Wildman–Crippen LogP) is 6.67. The van der Waals surface area contributed by atoms with E-state index in [-0.39, 0.29) is 36.5 Å². The maximum absolute atomic E-state index is 12.1. The van der Waals surface area contributed by atoms with E-state index >= 15 is 0 Å². The van der Waals surface area contributed by atoms with Crippen LogP contribution >= 0.6 is 55.4 Å². The number of Topliss-reactive ketones (excluding diaryl/α,β-unsaturated/α-hetero) is 2. The second-order valence-corrected chi connectivity index (χ2v) is 14.1. The molecule has 2 rings (SSSR count). The minimum absolute atomic E-state index is 0.0436. The lowest BCUT2D eigenvalue weighted by atomic mass is 10.1. The third-order valence-electron chi connectivity index (χ3n) is 6.20. The summed E-state index contributed by atoms with van der Waals surface area (Å²) in [6, 6.07) is 3.35. The van der Waals surface area contributed by atoms with E-state index < -0.39 is 0 Å². The van der Waals surface area contributed by atoms with E-state index in [1.165, 1.54) is 63.8 Å². The number of aromatic nitrogens is 2. The summed E-state index contributed by atoms with van der Waals surface area (Å²) in [5.74, 6) is 3.23. The summed E-state index contributed by atoms with van der Waals surface area (Å²) in [7, 11) is 0. The van der Waals surface area contributed by atoms with Gasteiger partial charge in [-0.3, -0.25) is 29.1 Å². The number of unbranched alkanes of at least 4 members (excludes halogenated alkanes) is 7. The third-order valence-corrected chi connectivity index (χ3v) is 9.21. The Morgan fingerprint density at radius 1 is 0.571 bits per heavy atom. The van der Waals surface area contributed by atoms with E-state index in [1.54, 1.807) is 48.1 Å². The van der Waals surface area contributed by atoms with E-state index in [9.17, 15) is 19.2 Å². The zero-order chi connectivity index (χ0) is 30.4. The summed E-state index contributed by atoms with van der Waals surface area (Å²) < 4.78 is 1.45. The molecule has 0 fully saturated rings. The molecule has 8 nitrogen and oxygen atoms in total. The molecular formula is C30H40Br2N4O4S2. The van der Waals surface area contributed by atoms with Gasteiger partial charge < -0.3 is 10.6 Å². The number of ketones is 2. The van der Waals surface area contributed by atoms with Crippen molar-refractivity contribution in [1.29, 1.82) is 0 Å². The first-order chi connectivity index (χ1) is 20.3. The van der Waals surface area contributed by atoms with Crippen molar-refractivity contribution in [3.05, 3.63) is 57.0 Å². The molecule has 0 aliphatic heterocycles. The SMILES string of the molecule is O=C(CCSCCCCCCCCCCSCCC(=O)CNC(=O)c1cncc(Br)c1)CNC(=O)c1cncc(Br)c1. The number of carbonyl (C=O) groups is 4. The fourth-order valence-electron chi connectivity index (χ4n) is 3.86. The number of nitrogens with one attached hydrogen (secondary N) is 2. The number of amides is 2. The van der Waals surface area contributed by atoms with E-state index in [0.29, 0.717) is 24.0 Å². The van der Waals surface area contributed by atoms with Crippen LogP contribution in [0.4, 0.5) is 0 Å². The summed E-state index contributed by atoms with van der Waals surface area (Å²) in [6.07, 6.45) is 16.9. The topological polar surface area (TPSA) is 118 Å². The zero-order valence-electron chi connectivity index (χ0n) is 23.9. The maximum atomic E-state index is 12.1. The van der Waals surface area contributed by atoms with E-state index in [2.05, 4.69) is 52.5 Å². The third kappa shape index (κ3) is 17.4. The lowest BCUT2D eigenvalue weighted by molar-refractivity contribution is -0.118. The van der Waals surface area contributed by atoms with Gasteiger partial charge in [-0.25, -0.2) is 0 Å². The molecule has 2 aromatic heterocycles. The Hall–Kier alpha value is -1.76. The maximum Gasteiger partial charge on any atom is 0.253 e. The number of pyridine rings is 2. The van der Waals surface area contributed by atoms with Gasteiger partial charge >= 0.3 is 0 Å². The van der Waals surface area contributed by atoms with Crippen molar-refractivity contribution in [2.45, 2.75) is 64.2 Å². The van der Waals surface area contributed by atoms with Gasteiger partial charge in [-0.1, -0.05) is 38.5 Å². The molecular weight excluding hydrogens is 704 g/mol. The molecule has 2 aromatic rings. The Morgan fingerprint density at radius 2 is 0.952 bits per heavy atom. The molecule has 0 bridgehead atoms. The average molecular weight is 745 g/mol. The summed E-state index contributed by atoms with van der Waals surface area (Å²) >= 11 is 10.2. The van der Waals surface area contributed by atoms with Gasteiger partial charge in [-0.15, -0.1) is 0 Å². The second-order valence-electron chi connectivity index (χ2n) is 9.78. The molecule has 0 saturated carbocycles. The van der Waals surface area contributed by atoms with Gasteiger partial charge in [0.25, 0.3) is 11.8 Å². The monoisotopic (exact) mass is 742 g/mol. The summed E-state index contributed by atoms with van der Waals surface area (Å²) in [5, 5.41) is 5.32. The number of nitrogens with zero attached hydrogens (tertiary/aromatic N) is 2. The molecule has 0 unspecified atom stereocenters. The van der Waals surface area contributed by atoms with Crippen molar-refractivity contribution in [1.82, 2.24) is 20.6 Å². The summed E-state index contributed by atoms with van der Waals surface area (Å²) in [5.41, 5.74) is 0.867. The molecule has 42 heavy (non-hydrogen) atoms. The van der Waals surface area contributed by atoms with Gasteiger partial charge in [-0.05, 0) is 68.3 Å². The Balaban J connectivity index is 1.30. The molecule has 2 amide bonds. The highest BCUT2D eigenvalue weighted by Crippen LogP contribution is 2.14. The van der Waals surface area contributed by atoms with Gasteiger partial charge in [0.1, 0.15) is 0 Å². The number of hydrogen-bond acceptors (Lipinski definition) is 8. The molecule has 2 heterocycles. The van der Waals surface area contributed by atoms with Gasteiger partial charge in [0.15, 0.2) is 11.6 Å². The van der Waals surface area contributed by atoms with Crippen LogP contribution in [0.15, 0.2) is 45.9 Å². The van der Waals surface area contributed by atoms with Crippen molar-refractivity contribution in [3.63, 3.8) is 0 Å². The van der Waals surface area contributed by atoms with Crippen LogP contribution in [0.25, 0.3) is 0 Å². The lowest BCUT2D eigenvalue weighted by Crippen LogP contribution is -2.29. The normalized spacial score (nSPS) is 10.8. The second kappa shape index (κ2) is 22.7. The fraction of sp³-hybridized carbons (Fsp3) is 0.533. The van der Waals surface area contributed by atoms with Gasteiger partial charge in [0, 0.05) is 58.1 Å². The van der Waals surface area contributed by atoms with E-state index in [0.717, 1.165) is 32.0 Å². The highest BCUT2D eigenvalue weighted by Gasteiger charge is 2.10. The molecule has 230 valence electrons. The predicted molar refractivity (Wildman–Crippen MR) is 179 cm³/mol. The van der Waals surface area contributed by atoms with Crippen LogP contribution in [0.3, 0.4) is 0 Å². The van der Waals surface area contributed by atoms with Gasteiger partial charge in [0.05, 0.1) is 24.2 Å². The lowest BCUT2D eigenvalue weighted by Gasteiger charge is -2.06. The van der Waals surface area contributed by atoms with Crippen LogP contribution in [0.1, 0.15) is 84.9 Å². The number of rotatable bonds is 23. The number of halogens is 2. The number of carbonyl (C=O) groups excluding carboxylic acids is 4. The first kappa shape index (κ1) is 36.4. The first-order valence-corrected chi connectivity index (χ1v) is 18.2. The van der Waals surface area contributed by atoms with Crippen molar-refractivity contribution in [3.8, 4) is 0 Å². The molecule has 2 N–H and O–H groups in total. The van der Waals surface area contributed by atoms with Crippen LogP contribution in [-0.4, -0.2) is 69.4 Å². The van der Waals surface area contributed by atoms with Crippen LogP contribution < -0.4 is 10.6 Å². The Kier molecular flexibility index (Phi) is 19.7. The fourth-order valence-corrected chi connectivity index (χ4v) is 6.55. The van der Waals surface area contributed by atoms with Crippen LogP contribution in [0.2, 0.25) is 0 Å². The standard InChI is InChI=1S/C30H40Br2N4O4S2/c31-25-15-23(17-33-19-25)29(39)35-21-27(37)9-13-41-11-7-5-3-1-2-4-6-8-12-42-14-10-28(38)22-36-30(40)24-16-26(32)20-34-18-24/h15-20H,1-14,21-22H2,(H,35,39)(H,36,40). The quantitative estimate of drug-likeness (QED) is 0.121. The molecule has 0 aliphatic rings. The molecule has 0 aliphatic carbocycles. The molecule has 12 heteroatoms. The highest BCUT2D eigenvalue weighted by molar-refractivity contribution is 9.10. The van der Waals surface area contributed by atoms with Crippen molar-refractivity contribution in [2.75, 3.05) is 36.1 Å². The van der Waals surface area contributed by atoms with Gasteiger partial charge in [0.2, 0.25) is 0 Å². The molecule has 0 radical (unpaired) electrons. The largest absolute Gasteiger partial charge is 0.345 e. The Bertz CT molecular complexity index is 1050. The Morgan fingerprint density at radius 3 is 1.33 bits per heavy atom. The summed E-state index contributed by atoms with van der Waals surface area (Å²) in [4.78, 5) is 56.1. The first-order valence-electron chi connectivity index (χ1n) is 14.3. The number of hydrogen-bond donors (Lipinski definition) is 2. The van der Waals surface area contributed by atoms with Crippen LogP contribution in [0, 0.1) is 0 Å². The summed E-state index contributed by atoms with van der Waals surface area (Å²) in [6.45, 7) is 0.107.